The molecular weight excluding hydrogens is 425 g/mol. The van der Waals surface area contributed by atoms with E-state index in [4.69, 9.17) is 4.74 Å². The van der Waals surface area contributed by atoms with Crippen molar-refractivity contribution in [1.29, 1.82) is 0 Å². The normalized spacial score (nSPS) is 15.9. The smallest absolute Gasteiger partial charge is 0.338 e. The van der Waals surface area contributed by atoms with Crippen LogP contribution in [0.15, 0.2) is 43.0 Å². The zero-order valence-electron chi connectivity index (χ0n) is 22.1. The SMILES string of the molecule is C=C(c1ccc(C(=O)OCCN(CC)CC)cc1)c1cc2c(cc1C)C(C)(C)CCC2(C)C.F. The number of ether oxygens (including phenoxy) is 1. The third kappa shape index (κ3) is 5.78. The summed E-state index contributed by atoms with van der Waals surface area (Å²) < 4.78 is 5.47. The summed E-state index contributed by atoms with van der Waals surface area (Å²) in [6.45, 7) is 23.3. The van der Waals surface area contributed by atoms with E-state index in [-0.39, 0.29) is 21.5 Å². The molecule has 4 heteroatoms. The molecule has 1 aliphatic rings. The van der Waals surface area contributed by atoms with E-state index in [1.165, 1.54) is 35.1 Å². The number of rotatable bonds is 8. The Balaban J connectivity index is 0.00000408. The van der Waals surface area contributed by atoms with E-state index in [0.29, 0.717) is 12.2 Å². The Morgan fingerprint density at radius 2 is 1.44 bits per heavy atom. The molecule has 0 N–H and O–H groups in total. The molecule has 0 heterocycles. The van der Waals surface area contributed by atoms with E-state index in [9.17, 15) is 4.79 Å². The summed E-state index contributed by atoms with van der Waals surface area (Å²) in [5.74, 6) is -0.270. The molecule has 34 heavy (non-hydrogen) atoms. The van der Waals surface area contributed by atoms with E-state index >= 15 is 0 Å². The number of carbonyl (C=O) groups is 1. The Kier molecular flexibility index (Phi) is 8.87. The molecule has 0 bridgehead atoms. The molecule has 2 aromatic carbocycles. The first-order chi connectivity index (χ1) is 15.5. The molecule has 0 spiro atoms. The molecule has 3 nitrogen and oxygen atoms in total. The van der Waals surface area contributed by atoms with E-state index in [0.717, 1.165) is 30.8 Å². The molecule has 0 saturated carbocycles. The standard InChI is InChI=1S/C30H41NO2.FH/c1-9-31(10-2)17-18-33-28(32)24-13-11-23(12-14-24)22(4)25-20-27-26(19-21(25)3)29(5,6)15-16-30(27,7)8;/h11-14,19-20H,4,9-10,15-18H2,1-3,5-8H3;1H. The van der Waals surface area contributed by atoms with Crippen molar-refractivity contribution in [2.45, 2.75) is 72.1 Å². The fraction of sp³-hybridized carbons (Fsp3) is 0.500. The lowest BCUT2D eigenvalue weighted by Gasteiger charge is -2.42. The van der Waals surface area contributed by atoms with Gasteiger partial charge in [-0.3, -0.25) is 4.70 Å². The number of likely N-dealkylation sites (N-methyl/N-ethyl adjacent to an activating group) is 1. The van der Waals surface area contributed by atoms with Crippen molar-refractivity contribution in [3.8, 4) is 0 Å². The highest BCUT2D eigenvalue weighted by atomic mass is 19.0. The first-order valence-electron chi connectivity index (χ1n) is 12.3. The molecule has 186 valence electrons. The minimum absolute atomic E-state index is 0. The van der Waals surface area contributed by atoms with Gasteiger partial charge in [0, 0.05) is 6.54 Å². The van der Waals surface area contributed by atoms with Crippen LogP contribution in [0.4, 0.5) is 4.70 Å². The average Bonchev–Trinajstić information content (AvgIpc) is 2.79. The molecule has 0 aromatic heterocycles. The summed E-state index contributed by atoms with van der Waals surface area (Å²) in [5, 5.41) is 0. The second kappa shape index (κ2) is 10.9. The number of nitrogens with zero attached hydrogens (tertiary/aromatic N) is 1. The van der Waals surface area contributed by atoms with Gasteiger partial charge in [-0.15, -0.1) is 0 Å². The van der Waals surface area contributed by atoms with E-state index in [1.807, 2.05) is 24.3 Å². The van der Waals surface area contributed by atoms with Crippen molar-refractivity contribution in [3.05, 3.63) is 76.4 Å². The number of esters is 1. The Morgan fingerprint density at radius 3 is 1.97 bits per heavy atom. The van der Waals surface area contributed by atoms with Gasteiger partial charge in [0.05, 0.1) is 5.56 Å². The zero-order valence-corrected chi connectivity index (χ0v) is 22.1. The summed E-state index contributed by atoms with van der Waals surface area (Å²) >= 11 is 0. The lowest BCUT2D eigenvalue weighted by molar-refractivity contribution is 0.0466. The van der Waals surface area contributed by atoms with Gasteiger partial charge < -0.3 is 9.64 Å². The molecule has 0 saturated heterocycles. The van der Waals surface area contributed by atoms with Crippen LogP contribution in [0.5, 0.6) is 0 Å². The highest BCUT2D eigenvalue weighted by Gasteiger charge is 2.37. The molecule has 0 aliphatic heterocycles. The van der Waals surface area contributed by atoms with Crippen molar-refractivity contribution >= 4 is 11.5 Å². The molecule has 0 unspecified atom stereocenters. The zero-order chi connectivity index (χ0) is 24.4. The first-order valence-corrected chi connectivity index (χ1v) is 12.3. The maximum atomic E-state index is 12.4. The predicted molar refractivity (Wildman–Crippen MR) is 142 cm³/mol. The molecule has 3 rings (SSSR count). The van der Waals surface area contributed by atoms with Gasteiger partial charge in [0.15, 0.2) is 0 Å². The number of carbonyl (C=O) groups excluding carboxylic acids is 1. The van der Waals surface area contributed by atoms with Crippen LogP contribution in [0.3, 0.4) is 0 Å². The third-order valence-corrected chi connectivity index (χ3v) is 7.53. The number of aryl methyl sites for hydroxylation is 1. The summed E-state index contributed by atoms with van der Waals surface area (Å²) in [6.07, 6.45) is 2.40. The topological polar surface area (TPSA) is 29.5 Å². The molecule has 0 atom stereocenters. The van der Waals surface area contributed by atoms with Gasteiger partial charge in [0.1, 0.15) is 6.61 Å². The van der Waals surface area contributed by atoms with Crippen molar-refractivity contribution in [2.24, 2.45) is 0 Å². The van der Waals surface area contributed by atoms with Crippen molar-refractivity contribution in [2.75, 3.05) is 26.2 Å². The van der Waals surface area contributed by atoms with Gasteiger partial charge in [0.25, 0.3) is 0 Å². The number of hydrogen-bond donors (Lipinski definition) is 0. The molecule has 1 aliphatic carbocycles. The van der Waals surface area contributed by atoms with Crippen LogP contribution >= 0.6 is 0 Å². The quantitative estimate of drug-likeness (QED) is 0.389. The summed E-state index contributed by atoms with van der Waals surface area (Å²) in [4.78, 5) is 14.7. The Morgan fingerprint density at radius 1 is 0.941 bits per heavy atom. The Hall–Kier alpha value is -2.46. The molecule has 0 amide bonds. The highest BCUT2D eigenvalue weighted by Crippen LogP contribution is 2.47. The summed E-state index contributed by atoms with van der Waals surface area (Å²) in [5.41, 5.74) is 8.32. The van der Waals surface area contributed by atoms with Gasteiger partial charge in [0.2, 0.25) is 0 Å². The largest absolute Gasteiger partial charge is 0.461 e. The van der Waals surface area contributed by atoms with Crippen LogP contribution < -0.4 is 0 Å². The van der Waals surface area contributed by atoms with Gasteiger partial charge in [-0.1, -0.05) is 72.4 Å². The van der Waals surface area contributed by atoms with E-state index in [1.54, 1.807) is 0 Å². The van der Waals surface area contributed by atoms with E-state index in [2.05, 4.69) is 72.1 Å². The Bertz CT molecular complexity index is 1020. The summed E-state index contributed by atoms with van der Waals surface area (Å²) in [6, 6.07) is 12.4. The van der Waals surface area contributed by atoms with Crippen LogP contribution in [-0.4, -0.2) is 37.1 Å². The second-order valence-electron chi connectivity index (χ2n) is 10.7. The van der Waals surface area contributed by atoms with Crippen LogP contribution in [0.1, 0.15) is 92.6 Å². The van der Waals surface area contributed by atoms with Crippen LogP contribution in [-0.2, 0) is 15.6 Å². The van der Waals surface area contributed by atoms with Crippen LogP contribution in [0.2, 0.25) is 0 Å². The lowest BCUT2D eigenvalue weighted by Crippen LogP contribution is -2.34. The van der Waals surface area contributed by atoms with Gasteiger partial charge in [-0.2, -0.15) is 0 Å². The molecule has 0 radical (unpaired) electrons. The maximum Gasteiger partial charge on any atom is 0.338 e. The van der Waals surface area contributed by atoms with Gasteiger partial charge in [-0.25, -0.2) is 4.79 Å². The van der Waals surface area contributed by atoms with Gasteiger partial charge in [-0.05, 0) is 89.2 Å². The number of fused-ring (bicyclic) bond motifs is 1. The van der Waals surface area contributed by atoms with Crippen molar-refractivity contribution in [1.82, 2.24) is 4.90 Å². The lowest BCUT2D eigenvalue weighted by atomic mass is 9.62. The predicted octanol–water partition coefficient (Wildman–Crippen LogP) is 7.06. The minimum atomic E-state index is -0.270. The molecule has 2 aromatic rings. The fourth-order valence-corrected chi connectivity index (χ4v) is 4.90. The van der Waals surface area contributed by atoms with Gasteiger partial charge >= 0.3 is 5.97 Å². The maximum absolute atomic E-state index is 12.4. The van der Waals surface area contributed by atoms with Crippen molar-refractivity contribution < 1.29 is 14.2 Å². The first kappa shape index (κ1) is 27.8. The van der Waals surface area contributed by atoms with Crippen LogP contribution in [0, 0.1) is 6.92 Å². The van der Waals surface area contributed by atoms with Crippen LogP contribution in [0.25, 0.3) is 5.57 Å². The summed E-state index contributed by atoms with van der Waals surface area (Å²) in [7, 11) is 0. The average molecular weight is 468 g/mol. The number of benzene rings is 2. The van der Waals surface area contributed by atoms with E-state index < -0.39 is 0 Å². The minimum Gasteiger partial charge on any atom is -0.461 e. The number of halogens is 1. The molecular formula is C30H42FNO2. The second-order valence-corrected chi connectivity index (χ2v) is 10.7. The monoisotopic (exact) mass is 467 g/mol. The highest BCUT2D eigenvalue weighted by molar-refractivity contribution is 5.90. The fourth-order valence-electron chi connectivity index (χ4n) is 4.90. The van der Waals surface area contributed by atoms with Crippen molar-refractivity contribution in [3.63, 3.8) is 0 Å². The Labute approximate surface area is 205 Å². The number of hydrogen-bond acceptors (Lipinski definition) is 3. The molecule has 0 fully saturated rings. The third-order valence-electron chi connectivity index (χ3n) is 7.53.